The molecule has 7 nitrogen and oxygen atoms in total. The van der Waals surface area contributed by atoms with Crippen molar-refractivity contribution >= 4 is 38.7 Å². The van der Waals surface area contributed by atoms with E-state index in [-0.39, 0.29) is 0 Å². The predicted molar refractivity (Wildman–Crippen MR) is 88.9 cm³/mol. The molecular formula is C15H14BrN3O4. The fourth-order valence-electron chi connectivity index (χ4n) is 2.15. The topological polar surface area (TPSA) is 78.6 Å². The summed E-state index contributed by atoms with van der Waals surface area (Å²) in [6.07, 6.45) is 1.65. The molecule has 3 aromatic rings. The summed E-state index contributed by atoms with van der Waals surface area (Å²) in [4.78, 5) is 8.47. The van der Waals surface area contributed by atoms with Crippen molar-refractivity contribution in [3.8, 4) is 17.2 Å². The van der Waals surface area contributed by atoms with Crippen LogP contribution in [0.4, 0.5) is 11.7 Å². The van der Waals surface area contributed by atoms with Crippen LogP contribution in [0, 0.1) is 0 Å². The number of ether oxygens (including phenoxy) is 3. The minimum atomic E-state index is 0.336. The molecule has 0 atom stereocenters. The third-order valence-electron chi connectivity index (χ3n) is 3.18. The summed E-state index contributed by atoms with van der Waals surface area (Å²) in [5, 5.41) is 3.08. The van der Waals surface area contributed by atoms with Crippen LogP contribution in [0.5, 0.6) is 17.2 Å². The van der Waals surface area contributed by atoms with Gasteiger partial charge < -0.3 is 23.9 Å². The van der Waals surface area contributed by atoms with E-state index in [2.05, 4.69) is 31.2 Å². The predicted octanol–water partition coefficient (Wildman–Crippen LogP) is 3.75. The Morgan fingerprint density at radius 3 is 2.35 bits per heavy atom. The lowest BCUT2D eigenvalue weighted by Crippen LogP contribution is -1.97. The number of hydrogen-bond acceptors (Lipinski definition) is 7. The minimum Gasteiger partial charge on any atom is -0.493 e. The average molecular weight is 380 g/mol. The van der Waals surface area contributed by atoms with Crippen LogP contribution in [0.25, 0.3) is 11.1 Å². The van der Waals surface area contributed by atoms with Gasteiger partial charge in [0.25, 0.3) is 6.01 Å². The second-order valence-corrected chi connectivity index (χ2v) is 5.26. The molecule has 2 aromatic heterocycles. The van der Waals surface area contributed by atoms with Crippen LogP contribution in [-0.2, 0) is 0 Å². The van der Waals surface area contributed by atoms with Crippen molar-refractivity contribution in [2.75, 3.05) is 26.6 Å². The smallest absolute Gasteiger partial charge is 0.300 e. The molecule has 2 heterocycles. The molecular weight excluding hydrogens is 366 g/mol. The van der Waals surface area contributed by atoms with Gasteiger partial charge in [-0.25, -0.2) is 4.98 Å². The Bertz CT molecular complexity index is 825. The van der Waals surface area contributed by atoms with Crippen molar-refractivity contribution in [3.63, 3.8) is 0 Å². The summed E-state index contributed by atoms with van der Waals surface area (Å²) in [6, 6.07) is 5.64. The van der Waals surface area contributed by atoms with E-state index < -0.39 is 0 Å². The van der Waals surface area contributed by atoms with Gasteiger partial charge in [0.05, 0.1) is 21.3 Å². The number of nitrogens with one attached hydrogen (secondary N) is 1. The fourth-order valence-corrected chi connectivity index (χ4v) is 2.56. The van der Waals surface area contributed by atoms with Gasteiger partial charge in [-0.3, -0.25) is 0 Å². The molecule has 0 radical (unpaired) electrons. The molecule has 0 fully saturated rings. The monoisotopic (exact) mass is 379 g/mol. The Morgan fingerprint density at radius 2 is 1.78 bits per heavy atom. The number of halogens is 1. The van der Waals surface area contributed by atoms with Gasteiger partial charge in [-0.1, -0.05) is 0 Å². The third kappa shape index (κ3) is 2.89. The van der Waals surface area contributed by atoms with Crippen molar-refractivity contribution in [2.24, 2.45) is 0 Å². The lowest BCUT2D eigenvalue weighted by atomic mass is 10.2. The minimum absolute atomic E-state index is 0.336. The molecule has 0 aliphatic carbocycles. The van der Waals surface area contributed by atoms with Gasteiger partial charge in [0.1, 0.15) is 5.52 Å². The Morgan fingerprint density at radius 1 is 1.09 bits per heavy atom. The lowest BCUT2D eigenvalue weighted by Gasteiger charge is -2.13. The summed E-state index contributed by atoms with van der Waals surface area (Å²) in [5.74, 6) is 1.59. The first-order valence-corrected chi connectivity index (χ1v) is 7.43. The summed E-state index contributed by atoms with van der Waals surface area (Å²) < 4.78 is 22.2. The number of anilines is 2. The van der Waals surface area contributed by atoms with Gasteiger partial charge in [0.2, 0.25) is 5.75 Å². The molecule has 0 bridgehead atoms. The van der Waals surface area contributed by atoms with Gasteiger partial charge in [-0.05, 0) is 22.0 Å². The zero-order chi connectivity index (χ0) is 16.4. The van der Waals surface area contributed by atoms with E-state index in [0.29, 0.717) is 44.7 Å². The summed E-state index contributed by atoms with van der Waals surface area (Å²) >= 11 is 3.33. The van der Waals surface area contributed by atoms with E-state index >= 15 is 0 Å². The molecule has 0 spiro atoms. The normalized spacial score (nSPS) is 10.6. The molecule has 0 aliphatic heterocycles. The zero-order valence-corrected chi connectivity index (χ0v) is 14.3. The number of hydrogen-bond donors (Lipinski definition) is 1. The standard InChI is InChI=1S/C15H14BrN3O4/c1-20-10-6-8(7-11(21-2)13(10)22-3)18-15-19-9-4-5-17-14(16)12(9)23-15/h4-7H,1-3H3,(H,18,19). The second-order valence-electron chi connectivity index (χ2n) is 4.51. The third-order valence-corrected chi connectivity index (χ3v) is 3.74. The SMILES string of the molecule is COc1cc(Nc2nc3ccnc(Br)c3o2)cc(OC)c1OC. The second kappa shape index (κ2) is 6.33. The molecule has 0 aliphatic rings. The van der Waals surface area contributed by atoms with Gasteiger partial charge in [-0.2, -0.15) is 4.98 Å². The highest BCUT2D eigenvalue weighted by atomic mass is 79.9. The summed E-state index contributed by atoms with van der Waals surface area (Å²) in [7, 11) is 4.67. The number of rotatable bonds is 5. The van der Waals surface area contributed by atoms with E-state index in [9.17, 15) is 0 Å². The number of fused-ring (bicyclic) bond motifs is 1. The molecule has 8 heteroatoms. The molecule has 120 valence electrons. The van der Waals surface area contributed by atoms with E-state index in [1.54, 1.807) is 45.7 Å². The number of methoxy groups -OCH3 is 3. The van der Waals surface area contributed by atoms with Gasteiger partial charge in [0.15, 0.2) is 21.7 Å². The van der Waals surface area contributed by atoms with Crippen LogP contribution >= 0.6 is 15.9 Å². The molecule has 1 N–H and O–H groups in total. The molecule has 3 rings (SSSR count). The Kier molecular flexibility index (Phi) is 4.24. The Balaban J connectivity index is 1.99. The highest BCUT2D eigenvalue weighted by Crippen LogP contribution is 2.40. The van der Waals surface area contributed by atoms with Crippen LogP contribution in [0.15, 0.2) is 33.4 Å². The van der Waals surface area contributed by atoms with Crippen molar-refractivity contribution in [1.82, 2.24) is 9.97 Å². The van der Waals surface area contributed by atoms with Crippen LogP contribution < -0.4 is 19.5 Å². The van der Waals surface area contributed by atoms with Crippen LogP contribution in [0.3, 0.4) is 0 Å². The number of aromatic nitrogens is 2. The average Bonchev–Trinajstić information content (AvgIpc) is 2.97. The maximum absolute atomic E-state index is 5.66. The highest BCUT2D eigenvalue weighted by Gasteiger charge is 2.15. The van der Waals surface area contributed by atoms with Crippen molar-refractivity contribution in [2.45, 2.75) is 0 Å². The van der Waals surface area contributed by atoms with Crippen molar-refractivity contribution in [1.29, 1.82) is 0 Å². The summed E-state index contributed by atoms with van der Waals surface area (Å²) in [5.41, 5.74) is 1.96. The number of pyridine rings is 1. The van der Waals surface area contributed by atoms with Crippen molar-refractivity contribution < 1.29 is 18.6 Å². The number of benzene rings is 1. The molecule has 0 amide bonds. The molecule has 0 saturated carbocycles. The molecule has 0 saturated heterocycles. The van der Waals surface area contributed by atoms with E-state index in [1.807, 2.05) is 0 Å². The van der Waals surface area contributed by atoms with Gasteiger partial charge >= 0.3 is 0 Å². The van der Waals surface area contributed by atoms with E-state index in [1.165, 1.54) is 0 Å². The van der Waals surface area contributed by atoms with E-state index in [0.717, 1.165) is 0 Å². The molecule has 1 aromatic carbocycles. The lowest BCUT2D eigenvalue weighted by molar-refractivity contribution is 0.324. The van der Waals surface area contributed by atoms with E-state index in [4.69, 9.17) is 18.6 Å². The van der Waals surface area contributed by atoms with Gasteiger partial charge in [-0.15, -0.1) is 0 Å². The van der Waals surface area contributed by atoms with Crippen LogP contribution in [-0.4, -0.2) is 31.3 Å². The van der Waals surface area contributed by atoms with Crippen LogP contribution in [0.2, 0.25) is 0 Å². The first kappa shape index (κ1) is 15.4. The Hall–Kier alpha value is -2.48. The molecule has 23 heavy (non-hydrogen) atoms. The fraction of sp³-hybridized carbons (Fsp3) is 0.200. The summed E-state index contributed by atoms with van der Waals surface area (Å²) in [6.45, 7) is 0. The largest absolute Gasteiger partial charge is 0.493 e. The van der Waals surface area contributed by atoms with Gasteiger partial charge in [0, 0.05) is 24.0 Å². The van der Waals surface area contributed by atoms with Crippen molar-refractivity contribution in [3.05, 3.63) is 29.0 Å². The first-order chi connectivity index (χ1) is 11.2. The Labute approximate surface area is 140 Å². The highest BCUT2D eigenvalue weighted by molar-refractivity contribution is 9.10. The maximum atomic E-state index is 5.66. The number of nitrogens with zero attached hydrogens (tertiary/aromatic N) is 2. The quantitative estimate of drug-likeness (QED) is 0.676. The maximum Gasteiger partial charge on any atom is 0.300 e. The van der Waals surface area contributed by atoms with Crippen LogP contribution in [0.1, 0.15) is 0 Å². The number of oxazole rings is 1. The first-order valence-electron chi connectivity index (χ1n) is 6.64. The molecule has 0 unspecified atom stereocenters. The zero-order valence-electron chi connectivity index (χ0n) is 12.7.